The summed E-state index contributed by atoms with van der Waals surface area (Å²) in [7, 11) is 0. The summed E-state index contributed by atoms with van der Waals surface area (Å²) in [6.07, 6.45) is 0. The lowest BCUT2D eigenvalue weighted by Crippen LogP contribution is -2.41. The molecular weight excluding hydrogens is 128 g/mol. The molecule has 0 spiro atoms. The van der Waals surface area contributed by atoms with Crippen molar-refractivity contribution in [3.63, 3.8) is 0 Å². The molecule has 3 nitrogen and oxygen atoms in total. The van der Waals surface area contributed by atoms with E-state index >= 15 is 0 Å². The monoisotopic (exact) mass is 144 g/mol. The summed E-state index contributed by atoms with van der Waals surface area (Å²) in [6.45, 7) is 6.61. The van der Waals surface area contributed by atoms with Crippen LogP contribution in [0.25, 0.3) is 0 Å². The number of nitrogens with two attached hydrogens (primary N) is 1. The van der Waals surface area contributed by atoms with Gasteiger partial charge in [-0.25, -0.2) is 0 Å². The van der Waals surface area contributed by atoms with Crippen molar-refractivity contribution >= 4 is 5.91 Å². The van der Waals surface area contributed by atoms with Crippen LogP contribution in [0.2, 0.25) is 0 Å². The third-order valence-corrected chi connectivity index (χ3v) is 1.46. The van der Waals surface area contributed by atoms with E-state index in [0.717, 1.165) is 0 Å². The van der Waals surface area contributed by atoms with Crippen LogP contribution in [-0.4, -0.2) is 19.0 Å². The van der Waals surface area contributed by atoms with Crippen LogP contribution < -0.4 is 11.1 Å². The maximum Gasteiger partial charge on any atom is 0.226 e. The first-order chi connectivity index (χ1) is 4.54. The summed E-state index contributed by atoms with van der Waals surface area (Å²) in [6, 6.07) is 0. The van der Waals surface area contributed by atoms with Crippen LogP contribution in [0.4, 0.5) is 0 Å². The summed E-state index contributed by atoms with van der Waals surface area (Å²) in [5, 5.41) is 2.72. The Balaban J connectivity index is 3.91. The predicted octanol–water partition coefficient (Wildman–Crippen LogP) is 0.107. The van der Waals surface area contributed by atoms with Gasteiger partial charge in [0.15, 0.2) is 0 Å². The van der Waals surface area contributed by atoms with Gasteiger partial charge in [-0.05, 0) is 20.8 Å². The van der Waals surface area contributed by atoms with Crippen molar-refractivity contribution in [2.24, 2.45) is 11.1 Å². The Bertz CT molecular complexity index is 121. The van der Waals surface area contributed by atoms with E-state index in [-0.39, 0.29) is 5.91 Å². The highest BCUT2D eigenvalue weighted by atomic mass is 16.2. The maximum atomic E-state index is 11.1. The number of rotatable bonds is 3. The van der Waals surface area contributed by atoms with Gasteiger partial charge >= 0.3 is 0 Å². The molecule has 0 aliphatic heterocycles. The smallest absolute Gasteiger partial charge is 0.226 e. The molecule has 0 heterocycles. The molecule has 0 unspecified atom stereocenters. The summed E-state index contributed by atoms with van der Waals surface area (Å²) < 4.78 is 0. The predicted molar refractivity (Wildman–Crippen MR) is 41.5 cm³/mol. The highest BCUT2D eigenvalue weighted by molar-refractivity contribution is 5.81. The van der Waals surface area contributed by atoms with Crippen LogP contribution in [0.5, 0.6) is 0 Å². The van der Waals surface area contributed by atoms with E-state index in [9.17, 15) is 4.79 Å². The second-order valence-corrected chi connectivity index (χ2v) is 2.95. The molecule has 1 amide bonds. The van der Waals surface area contributed by atoms with Crippen molar-refractivity contribution in [2.75, 3.05) is 13.1 Å². The first kappa shape index (κ1) is 9.43. The highest BCUT2D eigenvalue weighted by Crippen LogP contribution is 2.11. The quantitative estimate of drug-likeness (QED) is 0.590. The molecule has 0 radical (unpaired) electrons. The zero-order chi connectivity index (χ0) is 8.20. The third-order valence-electron chi connectivity index (χ3n) is 1.46. The Kier molecular flexibility index (Phi) is 3.36. The van der Waals surface area contributed by atoms with Crippen molar-refractivity contribution in [2.45, 2.75) is 20.8 Å². The van der Waals surface area contributed by atoms with Crippen LogP contribution in [0.15, 0.2) is 0 Å². The molecule has 3 N–H and O–H groups in total. The molecule has 0 aromatic carbocycles. The van der Waals surface area contributed by atoms with Gasteiger partial charge in [-0.15, -0.1) is 0 Å². The highest BCUT2D eigenvalue weighted by Gasteiger charge is 2.24. The first-order valence-electron chi connectivity index (χ1n) is 3.53. The molecule has 0 atom stereocenters. The summed E-state index contributed by atoms with van der Waals surface area (Å²) in [4.78, 5) is 11.1. The lowest BCUT2D eigenvalue weighted by molar-refractivity contribution is -0.128. The van der Waals surface area contributed by atoms with Gasteiger partial charge in [0.25, 0.3) is 0 Å². The Hall–Kier alpha value is -0.570. The third kappa shape index (κ3) is 2.35. The zero-order valence-electron chi connectivity index (χ0n) is 6.90. The molecule has 60 valence electrons. The fourth-order valence-electron chi connectivity index (χ4n) is 0.493. The number of hydrogen-bond donors (Lipinski definition) is 2. The van der Waals surface area contributed by atoms with E-state index in [1.807, 2.05) is 20.8 Å². The van der Waals surface area contributed by atoms with Crippen molar-refractivity contribution in [3.8, 4) is 0 Å². The molecule has 0 saturated carbocycles. The Morgan fingerprint density at radius 1 is 1.60 bits per heavy atom. The maximum absolute atomic E-state index is 11.1. The van der Waals surface area contributed by atoms with Gasteiger partial charge in [0.05, 0.1) is 5.41 Å². The summed E-state index contributed by atoms with van der Waals surface area (Å²) >= 11 is 0. The molecule has 10 heavy (non-hydrogen) atoms. The summed E-state index contributed by atoms with van der Waals surface area (Å²) in [5.74, 6) is 0.0255. The van der Waals surface area contributed by atoms with E-state index in [2.05, 4.69) is 5.32 Å². The van der Waals surface area contributed by atoms with Crippen LogP contribution in [0, 0.1) is 5.41 Å². The molecular formula is C7H16N2O. The number of carbonyl (C=O) groups excluding carboxylic acids is 1. The van der Waals surface area contributed by atoms with E-state index in [1.165, 1.54) is 0 Å². The minimum Gasteiger partial charge on any atom is -0.356 e. The van der Waals surface area contributed by atoms with E-state index in [1.54, 1.807) is 0 Å². The van der Waals surface area contributed by atoms with E-state index < -0.39 is 5.41 Å². The van der Waals surface area contributed by atoms with Crippen molar-refractivity contribution in [1.82, 2.24) is 5.32 Å². The van der Waals surface area contributed by atoms with Crippen LogP contribution >= 0.6 is 0 Å². The number of nitrogens with one attached hydrogen (secondary N) is 1. The van der Waals surface area contributed by atoms with Crippen LogP contribution in [0.3, 0.4) is 0 Å². The molecule has 3 heteroatoms. The minimum absolute atomic E-state index is 0.0255. The topological polar surface area (TPSA) is 55.1 Å². The SMILES string of the molecule is CCNC(=O)C(C)(C)CN. The van der Waals surface area contributed by atoms with Crippen molar-refractivity contribution < 1.29 is 4.79 Å². The zero-order valence-corrected chi connectivity index (χ0v) is 6.90. The number of carbonyl (C=O) groups is 1. The van der Waals surface area contributed by atoms with Gasteiger partial charge in [0, 0.05) is 13.1 Å². The van der Waals surface area contributed by atoms with Crippen LogP contribution in [0.1, 0.15) is 20.8 Å². The molecule has 0 aromatic rings. The largest absolute Gasteiger partial charge is 0.356 e. The first-order valence-corrected chi connectivity index (χ1v) is 3.53. The fraction of sp³-hybridized carbons (Fsp3) is 0.857. The average molecular weight is 144 g/mol. The molecule has 0 fully saturated rings. The fourth-order valence-corrected chi connectivity index (χ4v) is 0.493. The Labute approximate surface area is 62.0 Å². The molecule has 0 saturated heterocycles. The average Bonchev–Trinajstić information content (AvgIpc) is 1.89. The second-order valence-electron chi connectivity index (χ2n) is 2.95. The number of amides is 1. The standard InChI is InChI=1S/C7H16N2O/c1-4-9-6(10)7(2,3)5-8/h4-5,8H2,1-3H3,(H,9,10). The van der Waals surface area contributed by atoms with E-state index in [4.69, 9.17) is 5.73 Å². The van der Waals surface area contributed by atoms with Gasteiger partial charge in [-0.2, -0.15) is 0 Å². The lowest BCUT2D eigenvalue weighted by Gasteiger charge is -2.20. The van der Waals surface area contributed by atoms with Crippen molar-refractivity contribution in [3.05, 3.63) is 0 Å². The van der Waals surface area contributed by atoms with E-state index in [0.29, 0.717) is 13.1 Å². The van der Waals surface area contributed by atoms with Gasteiger partial charge < -0.3 is 11.1 Å². The minimum atomic E-state index is -0.421. The van der Waals surface area contributed by atoms with Gasteiger partial charge in [-0.1, -0.05) is 0 Å². The van der Waals surface area contributed by atoms with Gasteiger partial charge in [0.1, 0.15) is 0 Å². The molecule has 0 aliphatic carbocycles. The molecule has 0 rings (SSSR count). The van der Waals surface area contributed by atoms with Gasteiger partial charge in [-0.3, -0.25) is 4.79 Å². The lowest BCUT2D eigenvalue weighted by atomic mass is 9.93. The molecule has 0 bridgehead atoms. The molecule has 0 aromatic heterocycles. The normalized spacial score (nSPS) is 11.2. The summed E-state index contributed by atoms with van der Waals surface area (Å²) in [5.41, 5.74) is 4.96. The Morgan fingerprint density at radius 2 is 2.10 bits per heavy atom. The van der Waals surface area contributed by atoms with Crippen molar-refractivity contribution in [1.29, 1.82) is 0 Å². The van der Waals surface area contributed by atoms with Gasteiger partial charge in [0.2, 0.25) is 5.91 Å². The van der Waals surface area contributed by atoms with Crippen LogP contribution in [-0.2, 0) is 4.79 Å². The molecule has 0 aliphatic rings. The Morgan fingerprint density at radius 3 is 2.40 bits per heavy atom. The number of hydrogen-bond acceptors (Lipinski definition) is 2. The second kappa shape index (κ2) is 3.56.